The molecule has 0 radical (unpaired) electrons. The van der Waals surface area contributed by atoms with Gasteiger partial charge in [-0.15, -0.1) is 11.3 Å². The molecular formula is C17H19N3O5S. The Kier molecular flexibility index (Phi) is 4.84. The minimum atomic E-state index is -0.877. The standard InChI is InChI=1S/C17H19N3O5S/c1-17(2)6-10-11(8-25-17)26-16(12(10)13(18)21)20-15(23)14(22)19-7-9-4-3-5-24-9/h3-5H,6-8H2,1-2H3,(H2,18,21)(H,19,22)(H,20,23). The van der Waals surface area contributed by atoms with Crippen LogP contribution in [0.4, 0.5) is 5.00 Å². The van der Waals surface area contributed by atoms with Crippen LogP contribution >= 0.6 is 11.3 Å². The van der Waals surface area contributed by atoms with Gasteiger partial charge in [-0.2, -0.15) is 0 Å². The number of amides is 3. The number of rotatable bonds is 4. The van der Waals surface area contributed by atoms with Crippen LogP contribution in [0.1, 0.15) is 40.4 Å². The zero-order valence-corrected chi connectivity index (χ0v) is 15.2. The predicted octanol–water partition coefficient (Wildman–Crippen LogP) is 1.55. The van der Waals surface area contributed by atoms with E-state index in [-0.39, 0.29) is 17.1 Å². The first-order valence-electron chi connectivity index (χ1n) is 7.97. The van der Waals surface area contributed by atoms with Crippen LogP contribution in [-0.2, 0) is 33.9 Å². The van der Waals surface area contributed by atoms with Crippen LogP contribution in [0.2, 0.25) is 0 Å². The molecule has 0 unspecified atom stereocenters. The molecular weight excluding hydrogens is 358 g/mol. The van der Waals surface area contributed by atoms with E-state index < -0.39 is 23.3 Å². The summed E-state index contributed by atoms with van der Waals surface area (Å²) in [5.74, 6) is -1.83. The Hall–Kier alpha value is -2.65. The van der Waals surface area contributed by atoms with Gasteiger partial charge in [0.25, 0.3) is 5.91 Å². The maximum atomic E-state index is 12.2. The van der Waals surface area contributed by atoms with E-state index in [9.17, 15) is 14.4 Å². The summed E-state index contributed by atoms with van der Waals surface area (Å²) in [7, 11) is 0. The number of carbonyl (C=O) groups excluding carboxylic acids is 3. The van der Waals surface area contributed by atoms with Crippen molar-refractivity contribution in [2.75, 3.05) is 5.32 Å². The highest BCUT2D eigenvalue weighted by molar-refractivity contribution is 7.17. The van der Waals surface area contributed by atoms with E-state index in [0.717, 1.165) is 10.4 Å². The first-order chi connectivity index (χ1) is 12.3. The van der Waals surface area contributed by atoms with Crippen molar-refractivity contribution in [3.63, 3.8) is 0 Å². The first-order valence-corrected chi connectivity index (χ1v) is 8.78. The number of fused-ring (bicyclic) bond motifs is 1. The molecule has 26 heavy (non-hydrogen) atoms. The summed E-state index contributed by atoms with van der Waals surface area (Å²) in [6, 6.07) is 3.36. The normalized spacial score (nSPS) is 15.2. The summed E-state index contributed by atoms with van der Waals surface area (Å²) in [5.41, 5.74) is 6.09. The Morgan fingerprint density at radius 3 is 2.73 bits per heavy atom. The summed E-state index contributed by atoms with van der Waals surface area (Å²) in [5, 5.41) is 5.20. The Bertz CT molecular complexity index is 854. The number of nitrogens with two attached hydrogens (primary N) is 1. The lowest BCUT2D eigenvalue weighted by atomic mass is 9.93. The van der Waals surface area contributed by atoms with Crippen molar-refractivity contribution in [1.29, 1.82) is 0 Å². The van der Waals surface area contributed by atoms with Crippen LogP contribution in [0.25, 0.3) is 0 Å². The van der Waals surface area contributed by atoms with Crippen LogP contribution in [0, 0.1) is 0 Å². The number of primary amides is 1. The van der Waals surface area contributed by atoms with Crippen molar-refractivity contribution >= 4 is 34.1 Å². The SMILES string of the molecule is CC1(C)Cc2c(sc(NC(=O)C(=O)NCc3ccco3)c2C(N)=O)CO1. The van der Waals surface area contributed by atoms with E-state index in [4.69, 9.17) is 14.9 Å². The van der Waals surface area contributed by atoms with Crippen molar-refractivity contribution in [1.82, 2.24) is 5.32 Å². The van der Waals surface area contributed by atoms with Gasteiger partial charge < -0.3 is 25.5 Å². The van der Waals surface area contributed by atoms with E-state index in [2.05, 4.69) is 10.6 Å². The smallest absolute Gasteiger partial charge is 0.314 e. The number of hydrogen-bond donors (Lipinski definition) is 3. The summed E-state index contributed by atoms with van der Waals surface area (Å²) >= 11 is 1.20. The lowest BCUT2D eigenvalue weighted by molar-refractivity contribution is -0.136. The van der Waals surface area contributed by atoms with Gasteiger partial charge in [0.05, 0.1) is 30.6 Å². The van der Waals surface area contributed by atoms with Gasteiger partial charge in [0.1, 0.15) is 10.8 Å². The van der Waals surface area contributed by atoms with Gasteiger partial charge in [-0.1, -0.05) is 0 Å². The average Bonchev–Trinajstić information content (AvgIpc) is 3.18. The van der Waals surface area contributed by atoms with Gasteiger partial charge in [0, 0.05) is 11.3 Å². The highest BCUT2D eigenvalue weighted by Gasteiger charge is 2.33. The summed E-state index contributed by atoms with van der Waals surface area (Å²) in [6.07, 6.45) is 1.97. The summed E-state index contributed by atoms with van der Waals surface area (Å²) in [4.78, 5) is 36.9. The molecule has 0 fully saturated rings. The summed E-state index contributed by atoms with van der Waals surface area (Å²) < 4.78 is 10.8. The molecule has 1 aliphatic heterocycles. The van der Waals surface area contributed by atoms with Gasteiger partial charge in [-0.25, -0.2) is 0 Å². The third-order valence-corrected chi connectivity index (χ3v) is 5.09. The van der Waals surface area contributed by atoms with E-state index in [1.54, 1.807) is 12.1 Å². The van der Waals surface area contributed by atoms with Crippen LogP contribution in [0.3, 0.4) is 0 Å². The number of hydrogen-bond acceptors (Lipinski definition) is 6. The van der Waals surface area contributed by atoms with Gasteiger partial charge in [-0.05, 0) is 31.5 Å². The van der Waals surface area contributed by atoms with Crippen LogP contribution < -0.4 is 16.4 Å². The maximum Gasteiger partial charge on any atom is 0.314 e. The molecule has 3 heterocycles. The van der Waals surface area contributed by atoms with Crippen molar-refractivity contribution in [2.24, 2.45) is 5.73 Å². The van der Waals surface area contributed by atoms with E-state index in [1.807, 2.05) is 13.8 Å². The molecule has 4 N–H and O–H groups in total. The zero-order chi connectivity index (χ0) is 18.9. The fraction of sp³-hybridized carbons (Fsp3) is 0.353. The highest BCUT2D eigenvalue weighted by Crippen LogP contribution is 2.40. The molecule has 0 spiro atoms. The predicted molar refractivity (Wildman–Crippen MR) is 94.6 cm³/mol. The second-order valence-corrected chi connectivity index (χ2v) is 7.62. The largest absolute Gasteiger partial charge is 0.467 e. The average molecular weight is 377 g/mol. The minimum Gasteiger partial charge on any atom is -0.467 e. The van der Waals surface area contributed by atoms with Crippen LogP contribution in [0.15, 0.2) is 22.8 Å². The van der Waals surface area contributed by atoms with Gasteiger partial charge in [0.2, 0.25) is 0 Å². The van der Waals surface area contributed by atoms with Gasteiger partial charge in [-0.3, -0.25) is 14.4 Å². The minimum absolute atomic E-state index is 0.0882. The Morgan fingerprint density at radius 1 is 1.31 bits per heavy atom. The quantitative estimate of drug-likeness (QED) is 0.698. The molecule has 0 bridgehead atoms. The Labute approximate surface area is 153 Å². The maximum absolute atomic E-state index is 12.2. The second kappa shape index (κ2) is 6.93. The third-order valence-electron chi connectivity index (χ3n) is 3.97. The number of thiophene rings is 1. The third kappa shape index (κ3) is 3.78. The molecule has 9 heteroatoms. The zero-order valence-electron chi connectivity index (χ0n) is 14.4. The lowest BCUT2D eigenvalue weighted by Gasteiger charge is -2.30. The second-order valence-electron chi connectivity index (χ2n) is 6.51. The van der Waals surface area contributed by atoms with Crippen molar-refractivity contribution in [3.05, 3.63) is 40.2 Å². The molecule has 0 aliphatic carbocycles. The number of carbonyl (C=O) groups is 3. The molecule has 0 atom stereocenters. The lowest BCUT2D eigenvalue weighted by Crippen LogP contribution is -2.35. The number of anilines is 1. The van der Waals surface area contributed by atoms with E-state index in [0.29, 0.717) is 18.8 Å². The van der Waals surface area contributed by atoms with Crippen molar-refractivity contribution in [3.8, 4) is 0 Å². The molecule has 2 aromatic rings. The van der Waals surface area contributed by atoms with E-state index in [1.165, 1.54) is 17.6 Å². The van der Waals surface area contributed by atoms with Crippen molar-refractivity contribution < 1.29 is 23.5 Å². The van der Waals surface area contributed by atoms with Crippen LogP contribution in [-0.4, -0.2) is 23.3 Å². The van der Waals surface area contributed by atoms with Crippen molar-refractivity contribution in [2.45, 2.75) is 39.0 Å². The highest BCUT2D eigenvalue weighted by atomic mass is 32.1. The molecule has 3 rings (SSSR count). The fourth-order valence-corrected chi connectivity index (χ4v) is 3.85. The number of furan rings is 1. The van der Waals surface area contributed by atoms with Crippen LogP contribution in [0.5, 0.6) is 0 Å². The molecule has 2 aromatic heterocycles. The Morgan fingerprint density at radius 2 is 2.08 bits per heavy atom. The van der Waals surface area contributed by atoms with Gasteiger partial charge >= 0.3 is 11.8 Å². The number of nitrogens with one attached hydrogen (secondary N) is 2. The molecule has 138 valence electrons. The van der Waals surface area contributed by atoms with E-state index >= 15 is 0 Å². The first kappa shape index (κ1) is 18.2. The number of ether oxygens (including phenoxy) is 1. The Balaban J connectivity index is 1.75. The van der Waals surface area contributed by atoms with Gasteiger partial charge in [0.15, 0.2) is 0 Å². The summed E-state index contributed by atoms with van der Waals surface area (Å²) in [6.45, 7) is 4.25. The fourth-order valence-electron chi connectivity index (χ4n) is 2.72. The molecule has 0 saturated carbocycles. The molecule has 8 nitrogen and oxygen atoms in total. The molecule has 1 aliphatic rings. The topological polar surface area (TPSA) is 124 Å². The monoisotopic (exact) mass is 377 g/mol. The molecule has 0 aromatic carbocycles. The molecule has 3 amide bonds. The molecule has 0 saturated heterocycles.